The number of likely N-dealkylation sites (tertiary alicyclic amines) is 1. The maximum absolute atomic E-state index is 12.1. The molecule has 24 heavy (non-hydrogen) atoms. The molecule has 0 spiro atoms. The van der Waals surface area contributed by atoms with E-state index in [4.69, 9.17) is 9.47 Å². The molecule has 0 unspecified atom stereocenters. The number of Topliss-reactive ketones (excluding diaryl/α,β-unsaturated/α-hetero) is 1. The van der Waals surface area contributed by atoms with Gasteiger partial charge in [0.2, 0.25) is 0 Å². The number of rotatable bonds is 6. The van der Waals surface area contributed by atoms with E-state index < -0.39 is 5.60 Å². The molecular weight excluding hydrogens is 326 g/mol. The zero-order valence-electron chi connectivity index (χ0n) is 14.7. The van der Waals surface area contributed by atoms with Crippen LogP contribution in [0, 0.1) is 5.92 Å². The number of ether oxygens (including phenoxy) is 2. The van der Waals surface area contributed by atoms with Gasteiger partial charge in [-0.15, -0.1) is 11.3 Å². The zero-order chi connectivity index (χ0) is 17.6. The molecular formula is C18H27NO4S. The summed E-state index contributed by atoms with van der Waals surface area (Å²) in [6, 6.07) is 3.68. The fourth-order valence-corrected chi connectivity index (χ4v) is 3.37. The summed E-state index contributed by atoms with van der Waals surface area (Å²) in [5, 5.41) is 1.89. The smallest absolute Gasteiger partial charge is 0.410 e. The molecule has 1 fully saturated rings. The lowest BCUT2D eigenvalue weighted by molar-refractivity contribution is 0.0142. The van der Waals surface area contributed by atoms with Gasteiger partial charge in [-0.05, 0) is 57.4 Å². The number of carbonyl (C=O) groups is 2. The monoisotopic (exact) mass is 353 g/mol. The third-order valence-corrected chi connectivity index (χ3v) is 4.78. The van der Waals surface area contributed by atoms with Gasteiger partial charge in [0.05, 0.1) is 4.88 Å². The molecule has 0 aliphatic carbocycles. The average molecular weight is 353 g/mol. The highest BCUT2D eigenvalue weighted by Gasteiger charge is 2.27. The summed E-state index contributed by atoms with van der Waals surface area (Å²) < 4.78 is 11.0. The van der Waals surface area contributed by atoms with Crippen LogP contribution in [0.1, 0.15) is 49.7 Å². The molecule has 2 rings (SSSR count). The Morgan fingerprint density at radius 3 is 2.83 bits per heavy atom. The summed E-state index contributed by atoms with van der Waals surface area (Å²) in [4.78, 5) is 26.5. The molecule has 1 saturated heterocycles. The van der Waals surface area contributed by atoms with E-state index in [2.05, 4.69) is 0 Å². The van der Waals surface area contributed by atoms with Crippen LogP contribution in [-0.4, -0.2) is 48.7 Å². The lowest BCUT2D eigenvalue weighted by Gasteiger charge is -2.34. The Kier molecular flexibility index (Phi) is 6.80. The number of hydrogen-bond acceptors (Lipinski definition) is 5. The minimum Gasteiger partial charge on any atom is -0.444 e. The van der Waals surface area contributed by atoms with Crippen molar-refractivity contribution >= 4 is 23.2 Å². The van der Waals surface area contributed by atoms with Crippen molar-refractivity contribution in [3.05, 3.63) is 22.4 Å². The fourth-order valence-electron chi connectivity index (χ4n) is 2.72. The van der Waals surface area contributed by atoms with Gasteiger partial charge in [0.25, 0.3) is 0 Å². The summed E-state index contributed by atoms with van der Waals surface area (Å²) in [6.45, 7) is 7.77. The first-order valence-electron chi connectivity index (χ1n) is 8.47. The first kappa shape index (κ1) is 18.9. The van der Waals surface area contributed by atoms with Crippen LogP contribution in [0.4, 0.5) is 4.79 Å². The second-order valence-electron chi connectivity index (χ2n) is 7.18. The molecule has 2 heterocycles. The Labute approximate surface area is 147 Å². The van der Waals surface area contributed by atoms with Crippen molar-refractivity contribution in [3.8, 4) is 0 Å². The molecule has 0 N–H and O–H groups in total. The van der Waals surface area contributed by atoms with E-state index in [0.29, 0.717) is 19.1 Å². The third kappa shape index (κ3) is 6.24. The minimum absolute atomic E-state index is 0.0315. The van der Waals surface area contributed by atoms with Crippen LogP contribution in [0.25, 0.3) is 0 Å². The van der Waals surface area contributed by atoms with E-state index in [1.165, 1.54) is 11.3 Å². The van der Waals surface area contributed by atoms with Crippen LogP contribution >= 0.6 is 11.3 Å². The molecule has 0 radical (unpaired) electrons. The van der Waals surface area contributed by atoms with Gasteiger partial charge in [-0.2, -0.15) is 0 Å². The Balaban J connectivity index is 1.67. The quantitative estimate of drug-likeness (QED) is 0.573. The van der Waals surface area contributed by atoms with Crippen molar-refractivity contribution in [2.75, 3.05) is 26.3 Å². The molecule has 1 aliphatic rings. The predicted octanol–water partition coefficient (Wildman–Crippen LogP) is 3.98. The SMILES string of the molecule is CC(C)(C)OC(=O)N1CCC[C@H](CCOCC(=O)c2cccs2)C1. The lowest BCUT2D eigenvalue weighted by Crippen LogP contribution is -2.43. The standard InChI is InChI=1S/C18H27NO4S/c1-18(2,3)23-17(21)19-9-4-6-14(12-19)8-10-22-13-15(20)16-7-5-11-24-16/h5,7,11,14H,4,6,8-10,12-13H2,1-3H3/t14-/m1/s1. The van der Waals surface area contributed by atoms with E-state index in [9.17, 15) is 9.59 Å². The first-order valence-corrected chi connectivity index (χ1v) is 9.35. The molecule has 0 bridgehead atoms. The second kappa shape index (κ2) is 8.62. The van der Waals surface area contributed by atoms with Gasteiger partial charge in [0.15, 0.2) is 5.78 Å². The molecule has 1 atom stereocenters. The summed E-state index contributed by atoms with van der Waals surface area (Å²) >= 11 is 1.44. The summed E-state index contributed by atoms with van der Waals surface area (Å²) in [7, 11) is 0. The Morgan fingerprint density at radius 2 is 2.17 bits per heavy atom. The first-order chi connectivity index (χ1) is 11.3. The van der Waals surface area contributed by atoms with E-state index in [-0.39, 0.29) is 18.5 Å². The Morgan fingerprint density at radius 1 is 1.38 bits per heavy atom. The van der Waals surface area contributed by atoms with Gasteiger partial charge < -0.3 is 14.4 Å². The summed E-state index contributed by atoms with van der Waals surface area (Å²) in [5.74, 6) is 0.437. The van der Waals surface area contributed by atoms with Gasteiger partial charge >= 0.3 is 6.09 Å². The number of carbonyl (C=O) groups excluding carboxylic acids is 2. The minimum atomic E-state index is -0.463. The number of thiophene rings is 1. The van der Waals surface area contributed by atoms with Gasteiger partial charge in [-0.3, -0.25) is 4.79 Å². The van der Waals surface area contributed by atoms with Crippen molar-refractivity contribution in [1.82, 2.24) is 4.90 Å². The number of amides is 1. The van der Waals surface area contributed by atoms with E-state index in [0.717, 1.165) is 30.7 Å². The van der Waals surface area contributed by atoms with Crippen LogP contribution in [0.5, 0.6) is 0 Å². The average Bonchev–Trinajstić information content (AvgIpc) is 3.04. The molecule has 1 aromatic rings. The lowest BCUT2D eigenvalue weighted by atomic mass is 9.95. The number of piperidine rings is 1. The number of ketones is 1. The van der Waals surface area contributed by atoms with E-state index >= 15 is 0 Å². The van der Waals surface area contributed by atoms with Gasteiger partial charge in [0.1, 0.15) is 12.2 Å². The maximum atomic E-state index is 12.1. The molecule has 1 amide bonds. The Bertz CT molecular complexity index is 536. The fraction of sp³-hybridized carbons (Fsp3) is 0.667. The maximum Gasteiger partial charge on any atom is 0.410 e. The van der Waals surface area contributed by atoms with Crippen LogP contribution in [0.15, 0.2) is 17.5 Å². The number of hydrogen-bond donors (Lipinski definition) is 0. The highest BCUT2D eigenvalue weighted by Crippen LogP contribution is 2.21. The normalized spacial score (nSPS) is 18.5. The second-order valence-corrected chi connectivity index (χ2v) is 8.12. The van der Waals surface area contributed by atoms with Crippen molar-refractivity contribution in [2.45, 2.75) is 45.6 Å². The van der Waals surface area contributed by atoms with Crippen LogP contribution in [0.3, 0.4) is 0 Å². The molecule has 0 saturated carbocycles. The summed E-state index contributed by atoms with van der Waals surface area (Å²) in [5.41, 5.74) is -0.463. The van der Waals surface area contributed by atoms with Crippen molar-refractivity contribution in [2.24, 2.45) is 5.92 Å². The van der Waals surface area contributed by atoms with E-state index in [1.807, 2.05) is 38.3 Å². The topological polar surface area (TPSA) is 55.8 Å². The molecule has 6 heteroatoms. The van der Waals surface area contributed by atoms with Gasteiger partial charge in [-0.1, -0.05) is 6.07 Å². The van der Waals surface area contributed by atoms with E-state index in [1.54, 1.807) is 4.90 Å². The molecule has 5 nitrogen and oxygen atoms in total. The molecule has 1 aliphatic heterocycles. The number of nitrogens with zero attached hydrogens (tertiary/aromatic N) is 1. The van der Waals surface area contributed by atoms with Crippen molar-refractivity contribution in [1.29, 1.82) is 0 Å². The van der Waals surface area contributed by atoms with Crippen molar-refractivity contribution < 1.29 is 19.1 Å². The zero-order valence-corrected chi connectivity index (χ0v) is 15.6. The largest absolute Gasteiger partial charge is 0.444 e. The highest BCUT2D eigenvalue weighted by molar-refractivity contribution is 7.12. The molecule has 0 aromatic carbocycles. The van der Waals surface area contributed by atoms with Gasteiger partial charge in [0, 0.05) is 19.7 Å². The Hall–Kier alpha value is -1.40. The highest BCUT2D eigenvalue weighted by atomic mass is 32.1. The molecule has 134 valence electrons. The van der Waals surface area contributed by atoms with Crippen LogP contribution in [-0.2, 0) is 9.47 Å². The van der Waals surface area contributed by atoms with Crippen LogP contribution in [0.2, 0.25) is 0 Å². The van der Waals surface area contributed by atoms with Gasteiger partial charge in [-0.25, -0.2) is 4.79 Å². The molecule has 1 aromatic heterocycles. The van der Waals surface area contributed by atoms with Crippen LogP contribution < -0.4 is 0 Å². The summed E-state index contributed by atoms with van der Waals surface area (Å²) in [6.07, 6.45) is 2.69. The van der Waals surface area contributed by atoms with Crippen molar-refractivity contribution in [3.63, 3.8) is 0 Å². The third-order valence-electron chi connectivity index (χ3n) is 3.87. The predicted molar refractivity (Wildman–Crippen MR) is 94.6 cm³/mol.